The average Bonchev–Trinajstić information content (AvgIpc) is 2.76. The van der Waals surface area contributed by atoms with Crippen LogP contribution in [0.5, 0.6) is 0 Å². The summed E-state index contributed by atoms with van der Waals surface area (Å²) in [6, 6.07) is 12.0. The van der Waals surface area contributed by atoms with Gasteiger partial charge in [0.2, 0.25) is 0 Å². The molecule has 0 radical (unpaired) electrons. The number of rotatable bonds is 3. The molecule has 2 aromatic carbocycles. The second-order valence-electron chi connectivity index (χ2n) is 4.45. The van der Waals surface area contributed by atoms with E-state index in [0.717, 1.165) is 27.4 Å². The standard InChI is InChI=1S/C15H13NO2S/c1-19-10-5-6-12-11(8-10)15-9(7-14(17)18)3-2-4-13(15)16-12/h2-6,8,16H,7H2,1H3,(H,17,18). The number of carboxylic acids is 1. The van der Waals surface area contributed by atoms with Crippen LogP contribution in [0.1, 0.15) is 5.56 Å². The van der Waals surface area contributed by atoms with E-state index in [2.05, 4.69) is 17.1 Å². The summed E-state index contributed by atoms with van der Waals surface area (Å²) in [7, 11) is 0. The van der Waals surface area contributed by atoms with E-state index in [1.165, 1.54) is 4.90 Å². The van der Waals surface area contributed by atoms with Crippen molar-refractivity contribution in [1.82, 2.24) is 4.98 Å². The zero-order valence-corrected chi connectivity index (χ0v) is 11.3. The van der Waals surface area contributed by atoms with Gasteiger partial charge in [-0.3, -0.25) is 4.79 Å². The van der Waals surface area contributed by atoms with Crippen LogP contribution in [0.15, 0.2) is 41.3 Å². The lowest BCUT2D eigenvalue weighted by Crippen LogP contribution is -2.00. The molecule has 0 aliphatic heterocycles. The molecular weight excluding hydrogens is 258 g/mol. The maximum Gasteiger partial charge on any atom is 0.307 e. The number of aromatic nitrogens is 1. The molecule has 3 rings (SSSR count). The average molecular weight is 271 g/mol. The van der Waals surface area contributed by atoms with Gasteiger partial charge in [-0.25, -0.2) is 0 Å². The lowest BCUT2D eigenvalue weighted by atomic mass is 10.0. The molecule has 0 saturated carbocycles. The minimum absolute atomic E-state index is 0.0494. The number of aliphatic carboxylic acids is 1. The van der Waals surface area contributed by atoms with Crippen molar-refractivity contribution in [3.05, 3.63) is 42.0 Å². The van der Waals surface area contributed by atoms with Gasteiger partial charge in [0.15, 0.2) is 0 Å². The highest BCUT2D eigenvalue weighted by Gasteiger charge is 2.11. The van der Waals surface area contributed by atoms with Crippen molar-refractivity contribution < 1.29 is 9.90 Å². The number of fused-ring (bicyclic) bond motifs is 3. The summed E-state index contributed by atoms with van der Waals surface area (Å²) in [5, 5.41) is 11.1. The lowest BCUT2D eigenvalue weighted by Gasteiger charge is -2.01. The number of H-pyrrole nitrogens is 1. The Balaban J connectivity index is 2.35. The first-order chi connectivity index (χ1) is 9.19. The van der Waals surface area contributed by atoms with Crippen LogP contribution in [0, 0.1) is 0 Å². The van der Waals surface area contributed by atoms with Crippen molar-refractivity contribution in [2.45, 2.75) is 11.3 Å². The summed E-state index contributed by atoms with van der Waals surface area (Å²) in [5.74, 6) is -0.803. The summed E-state index contributed by atoms with van der Waals surface area (Å²) in [5.41, 5.74) is 2.90. The quantitative estimate of drug-likeness (QED) is 0.715. The van der Waals surface area contributed by atoms with E-state index in [1.807, 2.05) is 30.5 Å². The Kier molecular flexibility index (Phi) is 2.95. The van der Waals surface area contributed by atoms with E-state index in [1.54, 1.807) is 11.8 Å². The van der Waals surface area contributed by atoms with Gasteiger partial charge < -0.3 is 10.1 Å². The second-order valence-corrected chi connectivity index (χ2v) is 5.33. The molecule has 3 aromatic rings. The van der Waals surface area contributed by atoms with E-state index >= 15 is 0 Å². The molecule has 1 aromatic heterocycles. The predicted molar refractivity (Wildman–Crippen MR) is 78.9 cm³/mol. The molecule has 0 fully saturated rings. The van der Waals surface area contributed by atoms with Gasteiger partial charge in [-0.2, -0.15) is 0 Å². The molecule has 1 heterocycles. The number of nitrogens with one attached hydrogen (secondary N) is 1. The van der Waals surface area contributed by atoms with Crippen molar-refractivity contribution in [2.75, 3.05) is 6.26 Å². The molecule has 0 bridgehead atoms. The van der Waals surface area contributed by atoms with Crippen LogP contribution in [0.25, 0.3) is 21.8 Å². The summed E-state index contributed by atoms with van der Waals surface area (Å²) in [6.45, 7) is 0. The number of hydrogen-bond acceptors (Lipinski definition) is 2. The monoisotopic (exact) mass is 271 g/mol. The Labute approximate surface area is 114 Å². The number of carboxylic acid groups (broad SMARTS) is 1. The van der Waals surface area contributed by atoms with Gasteiger partial charge in [0, 0.05) is 26.7 Å². The minimum atomic E-state index is -0.803. The number of hydrogen-bond donors (Lipinski definition) is 2. The van der Waals surface area contributed by atoms with Crippen LogP contribution in [-0.4, -0.2) is 22.3 Å². The van der Waals surface area contributed by atoms with E-state index in [-0.39, 0.29) is 6.42 Å². The van der Waals surface area contributed by atoms with Crippen molar-refractivity contribution in [3.8, 4) is 0 Å². The van der Waals surface area contributed by atoms with Gasteiger partial charge in [0.25, 0.3) is 0 Å². The molecule has 0 atom stereocenters. The maximum atomic E-state index is 11.0. The zero-order chi connectivity index (χ0) is 13.4. The molecule has 0 aliphatic carbocycles. The Morgan fingerprint density at radius 2 is 2.11 bits per heavy atom. The van der Waals surface area contributed by atoms with Crippen LogP contribution in [0.4, 0.5) is 0 Å². The number of thioether (sulfide) groups is 1. The summed E-state index contributed by atoms with van der Waals surface area (Å²) >= 11 is 1.69. The predicted octanol–water partition coefficient (Wildman–Crippen LogP) is 3.67. The van der Waals surface area contributed by atoms with Gasteiger partial charge in [-0.05, 0) is 36.1 Å². The number of carbonyl (C=O) groups is 1. The van der Waals surface area contributed by atoms with Crippen LogP contribution < -0.4 is 0 Å². The maximum absolute atomic E-state index is 11.0. The molecule has 3 nitrogen and oxygen atoms in total. The van der Waals surface area contributed by atoms with Crippen LogP contribution >= 0.6 is 11.8 Å². The molecule has 0 amide bonds. The molecule has 0 spiro atoms. The Morgan fingerprint density at radius 1 is 1.26 bits per heavy atom. The number of aromatic amines is 1. The Morgan fingerprint density at radius 3 is 2.84 bits per heavy atom. The minimum Gasteiger partial charge on any atom is -0.481 e. The first-order valence-electron chi connectivity index (χ1n) is 5.98. The summed E-state index contributed by atoms with van der Waals surface area (Å²) < 4.78 is 0. The van der Waals surface area contributed by atoms with Crippen LogP contribution in [0.3, 0.4) is 0 Å². The smallest absolute Gasteiger partial charge is 0.307 e. The highest BCUT2D eigenvalue weighted by Crippen LogP contribution is 2.31. The highest BCUT2D eigenvalue weighted by atomic mass is 32.2. The molecule has 0 aliphatic rings. The van der Waals surface area contributed by atoms with Gasteiger partial charge in [-0.15, -0.1) is 11.8 Å². The first kappa shape index (κ1) is 12.1. The SMILES string of the molecule is CSc1ccc2[nH]c3cccc(CC(=O)O)c3c2c1. The van der Waals surface area contributed by atoms with Gasteiger partial charge in [0.1, 0.15) is 0 Å². The normalized spacial score (nSPS) is 11.2. The van der Waals surface area contributed by atoms with Crippen molar-refractivity contribution in [3.63, 3.8) is 0 Å². The molecule has 96 valence electrons. The van der Waals surface area contributed by atoms with E-state index in [9.17, 15) is 4.79 Å². The third kappa shape index (κ3) is 2.08. The van der Waals surface area contributed by atoms with E-state index in [0.29, 0.717) is 0 Å². The molecule has 19 heavy (non-hydrogen) atoms. The Bertz CT molecular complexity index is 776. The number of benzene rings is 2. The Hall–Kier alpha value is -1.94. The van der Waals surface area contributed by atoms with Crippen molar-refractivity contribution >= 4 is 39.5 Å². The largest absolute Gasteiger partial charge is 0.481 e. The summed E-state index contributed by atoms with van der Waals surface area (Å²) in [4.78, 5) is 15.5. The molecule has 2 N–H and O–H groups in total. The zero-order valence-electron chi connectivity index (χ0n) is 10.4. The third-order valence-corrected chi connectivity index (χ3v) is 3.98. The van der Waals surface area contributed by atoms with E-state index in [4.69, 9.17) is 5.11 Å². The highest BCUT2D eigenvalue weighted by molar-refractivity contribution is 7.98. The van der Waals surface area contributed by atoms with Crippen LogP contribution in [0.2, 0.25) is 0 Å². The molecular formula is C15H13NO2S. The van der Waals surface area contributed by atoms with Crippen LogP contribution in [-0.2, 0) is 11.2 Å². The third-order valence-electron chi connectivity index (χ3n) is 3.26. The second kappa shape index (κ2) is 4.63. The molecule has 4 heteroatoms. The molecule has 0 saturated heterocycles. The fraction of sp³-hybridized carbons (Fsp3) is 0.133. The van der Waals surface area contributed by atoms with E-state index < -0.39 is 5.97 Å². The first-order valence-corrected chi connectivity index (χ1v) is 7.20. The topological polar surface area (TPSA) is 53.1 Å². The summed E-state index contributed by atoms with van der Waals surface area (Å²) in [6.07, 6.45) is 2.09. The van der Waals surface area contributed by atoms with Crippen molar-refractivity contribution in [2.24, 2.45) is 0 Å². The van der Waals surface area contributed by atoms with Gasteiger partial charge >= 0.3 is 5.97 Å². The molecule has 0 unspecified atom stereocenters. The fourth-order valence-electron chi connectivity index (χ4n) is 2.44. The fourth-order valence-corrected chi connectivity index (χ4v) is 2.88. The van der Waals surface area contributed by atoms with Gasteiger partial charge in [-0.1, -0.05) is 12.1 Å². The van der Waals surface area contributed by atoms with Crippen molar-refractivity contribution in [1.29, 1.82) is 0 Å². The lowest BCUT2D eigenvalue weighted by molar-refractivity contribution is -0.136. The van der Waals surface area contributed by atoms with Gasteiger partial charge in [0.05, 0.1) is 6.42 Å².